The molecule has 0 aliphatic heterocycles. The highest BCUT2D eigenvalue weighted by atomic mass is 16.2. The third-order valence-electron chi connectivity index (χ3n) is 0.917. The van der Waals surface area contributed by atoms with Gasteiger partial charge in [-0.3, -0.25) is 4.79 Å². The lowest BCUT2D eigenvalue weighted by molar-refractivity contribution is -0.124. The predicted molar refractivity (Wildman–Crippen MR) is 36.3 cm³/mol. The quantitative estimate of drug-likeness (QED) is 0.518. The smallest absolute Gasteiger partial charge is 0.258 e. The van der Waals surface area contributed by atoms with Gasteiger partial charge in [-0.15, -0.1) is 0 Å². The van der Waals surface area contributed by atoms with Gasteiger partial charge < -0.3 is 10.5 Å². The fraction of sp³-hybridized carbons (Fsp3) is 0.667. The van der Waals surface area contributed by atoms with Crippen LogP contribution in [-0.2, 0) is 9.59 Å². The normalized spacial score (nSPS) is 15.5. The lowest BCUT2D eigenvalue weighted by Gasteiger charge is -2.05. The van der Waals surface area contributed by atoms with E-state index in [4.69, 9.17) is 5.73 Å². The van der Waals surface area contributed by atoms with Crippen molar-refractivity contribution in [2.24, 2.45) is 5.73 Å². The fourth-order valence-corrected chi connectivity index (χ4v) is 0.349. The zero-order valence-electron chi connectivity index (χ0n) is 6.07. The molecular formula is C6H11N2O2. The first-order chi connectivity index (χ1) is 4.57. The number of rotatable bonds is 3. The van der Waals surface area contributed by atoms with Gasteiger partial charge in [0.15, 0.2) is 0 Å². The first kappa shape index (κ1) is 9.10. The van der Waals surface area contributed by atoms with Gasteiger partial charge in [-0.25, -0.2) is 5.32 Å². The summed E-state index contributed by atoms with van der Waals surface area (Å²) in [6, 6.07) is -1.18. The average Bonchev–Trinajstić information content (AvgIpc) is 1.87. The van der Waals surface area contributed by atoms with Crippen molar-refractivity contribution in [3.63, 3.8) is 0 Å². The van der Waals surface area contributed by atoms with Gasteiger partial charge in [-0.2, -0.15) is 0 Å². The van der Waals surface area contributed by atoms with Gasteiger partial charge in [-0.1, -0.05) is 0 Å². The summed E-state index contributed by atoms with van der Waals surface area (Å²) in [6.45, 7) is 3.07. The molecule has 1 radical (unpaired) electrons. The molecule has 1 amide bonds. The lowest BCUT2D eigenvalue weighted by Crippen LogP contribution is -2.38. The molecule has 10 heavy (non-hydrogen) atoms. The molecule has 4 nitrogen and oxygen atoms in total. The van der Waals surface area contributed by atoms with Gasteiger partial charge in [0.2, 0.25) is 0 Å². The van der Waals surface area contributed by atoms with Crippen molar-refractivity contribution in [1.29, 1.82) is 0 Å². The van der Waals surface area contributed by atoms with Crippen LogP contribution in [0.5, 0.6) is 0 Å². The summed E-state index contributed by atoms with van der Waals surface area (Å²) in [5.74, 6) is -0.431. The van der Waals surface area contributed by atoms with Crippen LogP contribution in [-0.4, -0.2) is 24.3 Å². The first-order valence-corrected chi connectivity index (χ1v) is 3.03. The van der Waals surface area contributed by atoms with E-state index in [9.17, 15) is 9.59 Å². The molecule has 0 spiro atoms. The van der Waals surface area contributed by atoms with Crippen LogP contribution >= 0.6 is 0 Å². The Morgan fingerprint density at radius 3 is 2.40 bits per heavy atom. The Bertz CT molecular complexity index is 134. The summed E-state index contributed by atoms with van der Waals surface area (Å²) in [5, 5.41) is 3.46. The Kier molecular flexibility index (Phi) is 3.64. The molecule has 0 rings (SSSR count). The van der Waals surface area contributed by atoms with Crippen molar-refractivity contribution in [2.75, 3.05) is 0 Å². The van der Waals surface area contributed by atoms with Crippen LogP contribution in [0.3, 0.4) is 0 Å². The van der Waals surface area contributed by atoms with Gasteiger partial charge in [0.25, 0.3) is 5.91 Å². The van der Waals surface area contributed by atoms with E-state index in [1.54, 1.807) is 0 Å². The molecule has 0 aromatic heterocycles. The fourth-order valence-electron chi connectivity index (χ4n) is 0.349. The van der Waals surface area contributed by atoms with Gasteiger partial charge in [0, 0.05) is 0 Å². The average molecular weight is 143 g/mol. The number of hydrogen-bond donors (Lipinski definition) is 1. The molecule has 2 N–H and O–H groups in total. The van der Waals surface area contributed by atoms with Gasteiger partial charge in [-0.05, 0) is 13.8 Å². The largest absolute Gasteiger partial charge is 0.320 e. The molecule has 0 bridgehead atoms. The third-order valence-corrected chi connectivity index (χ3v) is 0.917. The molecule has 0 aromatic rings. The molecule has 0 unspecified atom stereocenters. The van der Waals surface area contributed by atoms with E-state index in [2.05, 4.69) is 5.32 Å². The van der Waals surface area contributed by atoms with E-state index in [0.717, 1.165) is 0 Å². The third kappa shape index (κ3) is 3.19. The van der Waals surface area contributed by atoms with Crippen molar-refractivity contribution in [3.8, 4) is 0 Å². The van der Waals surface area contributed by atoms with E-state index < -0.39 is 18.0 Å². The van der Waals surface area contributed by atoms with Crippen molar-refractivity contribution in [3.05, 3.63) is 0 Å². The summed E-state index contributed by atoms with van der Waals surface area (Å²) in [4.78, 5) is 20.6. The van der Waals surface area contributed by atoms with Crippen molar-refractivity contribution >= 4 is 12.2 Å². The predicted octanol–water partition coefficient (Wildman–Crippen LogP) is -0.948. The maximum absolute atomic E-state index is 10.7. The zero-order valence-corrected chi connectivity index (χ0v) is 6.07. The van der Waals surface area contributed by atoms with Gasteiger partial charge in [0.1, 0.15) is 12.3 Å². The first-order valence-electron chi connectivity index (χ1n) is 3.03. The molecule has 4 heteroatoms. The zero-order chi connectivity index (χ0) is 8.15. The van der Waals surface area contributed by atoms with Crippen LogP contribution in [0.1, 0.15) is 13.8 Å². The molecule has 2 atom stereocenters. The summed E-state index contributed by atoms with van der Waals surface area (Å²) < 4.78 is 0. The van der Waals surface area contributed by atoms with E-state index in [0.29, 0.717) is 6.29 Å². The van der Waals surface area contributed by atoms with Crippen LogP contribution in [0.25, 0.3) is 0 Å². The Morgan fingerprint density at radius 2 is 2.10 bits per heavy atom. The lowest BCUT2D eigenvalue weighted by atomic mass is 10.3. The molecule has 0 aromatic carbocycles. The SMILES string of the molecule is C[C@H](C=O)[N]C(=O)[C@H](C)N. The Balaban J connectivity index is 3.68. The molecule has 0 aliphatic rings. The maximum Gasteiger partial charge on any atom is 0.258 e. The van der Waals surface area contributed by atoms with Crippen LogP contribution in [0.15, 0.2) is 0 Å². The van der Waals surface area contributed by atoms with E-state index >= 15 is 0 Å². The van der Waals surface area contributed by atoms with Crippen molar-refractivity contribution in [2.45, 2.75) is 25.9 Å². The molecule has 0 aliphatic carbocycles. The molecule has 0 saturated heterocycles. The summed E-state index contributed by atoms with van der Waals surface area (Å²) in [5.41, 5.74) is 5.18. The number of aldehydes is 1. The minimum absolute atomic E-state index is 0.431. The molecule has 57 valence electrons. The summed E-state index contributed by atoms with van der Waals surface area (Å²) in [7, 11) is 0. The second-order valence-corrected chi connectivity index (χ2v) is 2.13. The molecular weight excluding hydrogens is 132 g/mol. The second kappa shape index (κ2) is 4.00. The van der Waals surface area contributed by atoms with Crippen LogP contribution in [0.4, 0.5) is 0 Å². The maximum atomic E-state index is 10.7. The molecule has 0 heterocycles. The Hall–Kier alpha value is -0.900. The van der Waals surface area contributed by atoms with Crippen LogP contribution in [0, 0.1) is 0 Å². The second-order valence-electron chi connectivity index (χ2n) is 2.13. The van der Waals surface area contributed by atoms with Crippen molar-refractivity contribution in [1.82, 2.24) is 5.32 Å². The van der Waals surface area contributed by atoms with E-state index in [-0.39, 0.29) is 0 Å². The highest BCUT2D eigenvalue weighted by molar-refractivity contribution is 5.83. The standard InChI is InChI=1S/C6H11N2O2/c1-4(3-9)8-6(10)5(2)7/h3-5H,7H2,1-2H3/t4-,5+/m1/s1. The number of nitrogens with zero attached hydrogens (tertiary/aromatic N) is 1. The summed E-state index contributed by atoms with van der Waals surface area (Å²) >= 11 is 0. The molecule has 0 fully saturated rings. The summed E-state index contributed by atoms with van der Waals surface area (Å²) in [6.07, 6.45) is 0.597. The van der Waals surface area contributed by atoms with E-state index in [1.165, 1.54) is 13.8 Å². The highest BCUT2D eigenvalue weighted by Gasteiger charge is 2.11. The monoisotopic (exact) mass is 143 g/mol. The minimum atomic E-state index is -0.609. The minimum Gasteiger partial charge on any atom is -0.320 e. The number of carbonyl (C=O) groups excluding carboxylic acids is 2. The topological polar surface area (TPSA) is 74.3 Å². The Labute approximate surface area is 59.8 Å². The number of amides is 1. The van der Waals surface area contributed by atoms with E-state index in [1.807, 2.05) is 0 Å². The highest BCUT2D eigenvalue weighted by Crippen LogP contribution is 1.81. The number of nitrogens with two attached hydrogens (primary N) is 1. The van der Waals surface area contributed by atoms with Crippen LogP contribution < -0.4 is 11.1 Å². The molecule has 0 saturated carbocycles. The van der Waals surface area contributed by atoms with Gasteiger partial charge in [0.05, 0.1) is 6.04 Å². The van der Waals surface area contributed by atoms with Crippen LogP contribution in [0.2, 0.25) is 0 Å². The number of carbonyl (C=O) groups is 2. The van der Waals surface area contributed by atoms with Gasteiger partial charge >= 0.3 is 0 Å². The number of hydrogen-bond acceptors (Lipinski definition) is 3. The Morgan fingerprint density at radius 1 is 1.60 bits per heavy atom. The van der Waals surface area contributed by atoms with Crippen molar-refractivity contribution < 1.29 is 9.59 Å².